The van der Waals surface area contributed by atoms with Crippen LogP contribution in [0.25, 0.3) is 0 Å². The summed E-state index contributed by atoms with van der Waals surface area (Å²) in [5, 5.41) is 19.0. The zero-order valence-corrected chi connectivity index (χ0v) is 15.5. The van der Waals surface area contributed by atoms with E-state index in [0.29, 0.717) is 18.4 Å². The second-order valence-electron chi connectivity index (χ2n) is 7.12. The maximum absolute atomic E-state index is 12.4. The number of anilines is 1. The molecule has 0 bridgehead atoms. The Morgan fingerprint density at radius 2 is 2.07 bits per heavy atom. The number of rotatable bonds is 6. The molecule has 1 aliphatic heterocycles. The molecule has 1 aliphatic carbocycles. The number of hydrogen-bond acceptors (Lipinski definition) is 7. The first-order valence-electron chi connectivity index (χ1n) is 8.75. The zero-order chi connectivity index (χ0) is 19.8. The molecule has 0 aromatic heterocycles. The van der Waals surface area contributed by atoms with Crippen molar-refractivity contribution in [3.8, 4) is 0 Å². The van der Waals surface area contributed by atoms with Crippen LogP contribution < -0.4 is 16.2 Å². The van der Waals surface area contributed by atoms with Crippen molar-refractivity contribution in [2.75, 3.05) is 25.0 Å². The molecule has 1 aromatic carbocycles. The van der Waals surface area contributed by atoms with Gasteiger partial charge in [-0.25, -0.2) is 13.6 Å². The molecule has 1 heterocycles. The predicted octanol–water partition coefficient (Wildman–Crippen LogP) is 0.240. The van der Waals surface area contributed by atoms with E-state index < -0.39 is 20.6 Å². The van der Waals surface area contributed by atoms with Crippen molar-refractivity contribution >= 4 is 27.3 Å². The number of nitrogens with two attached hydrogens (primary N) is 2. The summed E-state index contributed by atoms with van der Waals surface area (Å²) in [5.74, 6) is 0.824. The minimum absolute atomic E-state index is 0.0205. The Balaban J connectivity index is 1.59. The molecule has 148 valence electrons. The van der Waals surface area contributed by atoms with Crippen LogP contribution in [0.5, 0.6) is 0 Å². The highest BCUT2D eigenvalue weighted by Gasteiger charge is 2.42. The van der Waals surface area contributed by atoms with Crippen LogP contribution in [0.3, 0.4) is 0 Å². The molecule has 1 saturated heterocycles. The summed E-state index contributed by atoms with van der Waals surface area (Å²) >= 11 is 0. The Kier molecular flexibility index (Phi) is 5.36. The smallest absolute Gasteiger partial charge is 0.293 e. The van der Waals surface area contributed by atoms with Crippen LogP contribution in [0.2, 0.25) is 0 Å². The van der Waals surface area contributed by atoms with Crippen molar-refractivity contribution in [1.29, 1.82) is 0 Å². The largest absolute Gasteiger partial charge is 0.379 e. The predicted molar refractivity (Wildman–Crippen MR) is 98.3 cm³/mol. The molecule has 2 aliphatic rings. The third-order valence-electron chi connectivity index (χ3n) is 5.41. The van der Waals surface area contributed by atoms with Gasteiger partial charge in [0.25, 0.3) is 5.69 Å². The van der Waals surface area contributed by atoms with E-state index in [1.165, 1.54) is 12.1 Å². The normalized spacial score (nSPS) is 24.7. The lowest BCUT2D eigenvalue weighted by molar-refractivity contribution is -0.384. The maximum Gasteiger partial charge on any atom is 0.293 e. The Morgan fingerprint density at radius 1 is 1.33 bits per heavy atom. The fourth-order valence-electron chi connectivity index (χ4n) is 3.96. The van der Waals surface area contributed by atoms with Crippen molar-refractivity contribution in [3.05, 3.63) is 28.3 Å². The summed E-state index contributed by atoms with van der Waals surface area (Å²) in [6.07, 6.45) is 2.25. The van der Waals surface area contributed by atoms with E-state index in [1.54, 1.807) is 0 Å². The molecule has 5 N–H and O–H groups in total. The second kappa shape index (κ2) is 7.41. The highest BCUT2D eigenvalue weighted by atomic mass is 32.2. The first kappa shape index (κ1) is 19.5. The molecule has 27 heavy (non-hydrogen) atoms. The van der Waals surface area contributed by atoms with E-state index in [2.05, 4.69) is 5.32 Å². The van der Waals surface area contributed by atoms with Crippen LogP contribution in [0.1, 0.15) is 19.3 Å². The lowest BCUT2D eigenvalue weighted by Gasteiger charge is -2.19. The van der Waals surface area contributed by atoms with Gasteiger partial charge >= 0.3 is 0 Å². The molecule has 1 amide bonds. The third kappa shape index (κ3) is 4.20. The number of benzene rings is 1. The van der Waals surface area contributed by atoms with Gasteiger partial charge in [-0.3, -0.25) is 14.9 Å². The Labute approximate surface area is 157 Å². The van der Waals surface area contributed by atoms with Crippen LogP contribution in [0, 0.1) is 22.0 Å². The molecule has 1 saturated carbocycles. The van der Waals surface area contributed by atoms with Crippen molar-refractivity contribution in [2.45, 2.75) is 30.2 Å². The number of likely N-dealkylation sites (tertiary alicyclic amines) is 1. The highest BCUT2D eigenvalue weighted by molar-refractivity contribution is 7.89. The standard InChI is InChI=1S/C16H23N5O5S/c17-13-3-1-10-8-20(9-12(10)13)16(22)5-6-19-14-4-2-11(27(18,25)26)7-15(14)21(23)24/h2,4,7,10,12-13,19H,1,3,5-6,8-9,17H2,(H2,18,25,26). The lowest BCUT2D eigenvalue weighted by Crippen LogP contribution is -2.34. The summed E-state index contributed by atoms with van der Waals surface area (Å²) in [5.41, 5.74) is 5.81. The molecular formula is C16H23N5O5S. The molecule has 0 radical (unpaired) electrons. The molecule has 10 nitrogen and oxygen atoms in total. The summed E-state index contributed by atoms with van der Waals surface area (Å²) in [7, 11) is -4.04. The summed E-state index contributed by atoms with van der Waals surface area (Å²) in [6.45, 7) is 1.60. The molecule has 3 atom stereocenters. The van der Waals surface area contributed by atoms with Gasteiger partial charge in [-0.05, 0) is 36.8 Å². The molecular weight excluding hydrogens is 374 g/mol. The van der Waals surface area contributed by atoms with E-state index in [9.17, 15) is 23.3 Å². The Bertz CT molecular complexity index is 859. The molecule has 3 unspecified atom stereocenters. The van der Waals surface area contributed by atoms with Gasteiger partial charge in [-0.15, -0.1) is 0 Å². The van der Waals surface area contributed by atoms with E-state index in [-0.39, 0.29) is 35.5 Å². The number of nitrogens with zero attached hydrogens (tertiary/aromatic N) is 2. The van der Waals surface area contributed by atoms with Crippen LogP contribution in [-0.4, -0.2) is 49.8 Å². The van der Waals surface area contributed by atoms with Crippen LogP contribution in [0.15, 0.2) is 23.1 Å². The molecule has 3 rings (SSSR count). The monoisotopic (exact) mass is 397 g/mol. The molecule has 1 aromatic rings. The molecule has 0 spiro atoms. The second-order valence-corrected chi connectivity index (χ2v) is 8.68. The minimum Gasteiger partial charge on any atom is -0.379 e. The highest BCUT2D eigenvalue weighted by Crippen LogP contribution is 2.37. The summed E-state index contributed by atoms with van der Waals surface area (Å²) < 4.78 is 22.7. The van der Waals surface area contributed by atoms with E-state index in [4.69, 9.17) is 10.9 Å². The number of fused-ring (bicyclic) bond motifs is 1. The number of nitro groups is 1. The van der Waals surface area contributed by atoms with Crippen molar-refractivity contribution in [3.63, 3.8) is 0 Å². The van der Waals surface area contributed by atoms with Gasteiger partial charge in [0.15, 0.2) is 0 Å². The van der Waals surface area contributed by atoms with Crippen LogP contribution in [-0.2, 0) is 14.8 Å². The topological polar surface area (TPSA) is 162 Å². The Hall–Kier alpha value is -2.24. The van der Waals surface area contributed by atoms with Crippen molar-refractivity contribution in [2.24, 2.45) is 22.7 Å². The number of hydrogen-bond donors (Lipinski definition) is 3. The lowest BCUT2D eigenvalue weighted by atomic mass is 9.98. The fraction of sp³-hybridized carbons (Fsp3) is 0.562. The fourth-order valence-corrected chi connectivity index (χ4v) is 4.50. The first-order chi connectivity index (χ1) is 12.7. The quantitative estimate of drug-likeness (QED) is 0.457. The summed E-state index contributed by atoms with van der Waals surface area (Å²) in [6, 6.07) is 3.53. The van der Waals surface area contributed by atoms with Gasteiger partial charge in [0, 0.05) is 38.2 Å². The minimum atomic E-state index is -4.04. The number of nitrogens with one attached hydrogen (secondary N) is 1. The van der Waals surface area contributed by atoms with Gasteiger partial charge in [0.05, 0.1) is 9.82 Å². The average Bonchev–Trinajstić information content (AvgIpc) is 3.16. The number of primary sulfonamides is 1. The number of nitro benzene ring substituents is 1. The zero-order valence-electron chi connectivity index (χ0n) is 14.7. The van der Waals surface area contributed by atoms with E-state index in [1.807, 2.05) is 4.90 Å². The van der Waals surface area contributed by atoms with E-state index >= 15 is 0 Å². The van der Waals surface area contributed by atoms with Gasteiger partial charge in [-0.1, -0.05) is 0 Å². The number of carbonyl (C=O) groups excluding carboxylic acids is 1. The molecule has 11 heteroatoms. The number of carbonyl (C=O) groups is 1. The molecule has 2 fully saturated rings. The Morgan fingerprint density at radius 3 is 2.70 bits per heavy atom. The number of sulfonamides is 1. The van der Waals surface area contributed by atoms with E-state index in [0.717, 1.165) is 25.5 Å². The van der Waals surface area contributed by atoms with Crippen LogP contribution in [0.4, 0.5) is 11.4 Å². The van der Waals surface area contributed by atoms with Gasteiger partial charge in [0.2, 0.25) is 15.9 Å². The average molecular weight is 397 g/mol. The van der Waals surface area contributed by atoms with Crippen molar-refractivity contribution in [1.82, 2.24) is 4.90 Å². The van der Waals surface area contributed by atoms with Gasteiger partial charge in [0.1, 0.15) is 5.69 Å². The maximum atomic E-state index is 12.4. The third-order valence-corrected chi connectivity index (χ3v) is 6.32. The van der Waals surface area contributed by atoms with Gasteiger partial charge in [-0.2, -0.15) is 0 Å². The van der Waals surface area contributed by atoms with Gasteiger partial charge < -0.3 is 16.0 Å². The summed E-state index contributed by atoms with van der Waals surface area (Å²) in [4.78, 5) is 24.4. The first-order valence-corrected chi connectivity index (χ1v) is 10.3. The number of amides is 1. The van der Waals surface area contributed by atoms with Crippen LogP contribution >= 0.6 is 0 Å². The SMILES string of the molecule is NC1CCC2CN(C(=O)CCNc3ccc(S(N)(=O)=O)cc3[N+](=O)[O-])CC12. The van der Waals surface area contributed by atoms with Crippen molar-refractivity contribution < 1.29 is 18.1 Å².